The Morgan fingerprint density at radius 3 is 2.17 bits per heavy atom. The van der Waals surface area contributed by atoms with Crippen molar-refractivity contribution in [1.29, 1.82) is 0 Å². The van der Waals surface area contributed by atoms with Crippen LogP contribution >= 0.6 is 0 Å². The van der Waals surface area contributed by atoms with Crippen molar-refractivity contribution in [1.82, 2.24) is 0 Å². The summed E-state index contributed by atoms with van der Waals surface area (Å²) in [6.07, 6.45) is 9.82. The highest BCUT2D eigenvalue weighted by Gasteiger charge is 2.55. The number of aromatic hydroxyl groups is 1. The molecule has 0 aliphatic heterocycles. The molecule has 41 heavy (non-hydrogen) atoms. The molecule has 2 nitrogen and oxygen atoms in total. The summed E-state index contributed by atoms with van der Waals surface area (Å²) in [4.78, 5) is 0. The summed E-state index contributed by atoms with van der Waals surface area (Å²) in [6.45, 7) is 12.8. The first-order valence-corrected chi connectivity index (χ1v) is 18.2. The summed E-state index contributed by atoms with van der Waals surface area (Å²) < 4.78 is 7.36. The quantitative estimate of drug-likeness (QED) is 0.291. The molecule has 2 saturated carbocycles. The number of fused-ring (bicyclic) bond motifs is 5. The number of phenolic OH excluding ortho intramolecular Hbond substituents is 1. The molecule has 3 heteroatoms. The number of rotatable bonds is 7. The van der Waals surface area contributed by atoms with Crippen LogP contribution in [0.15, 0.2) is 72.8 Å². The second-order valence-electron chi connectivity index (χ2n) is 14.6. The van der Waals surface area contributed by atoms with Crippen molar-refractivity contribution in [3.05, 3.63) is 89.5 Å². The van der Waals surface area contributed by atoms with E-state index in [9.17, 15) is 5.11 Å². The highest BCUT2D eigenvalue weighted by atomic mass is 28.4. The average Bonchev–Trinajstić information content (AvgIpc) is 3.31. The van der Waals surface area contributed by atoms with Crippen LogP contribution < -0.4 is 10.4 Å². The van der Waals surface area contributed by atoms with Gasteiger partial charge in [0, 0.05) is 6.61 Å². The van der Waals surface area contributed by atoms with E-state index in [-0.39, 0.29) is 5.04 Å². The maximum atomic E-state index is 10.5. The summed E-state index contributed by atoms with van der Waals surface area (Å²) in [5.74, 6) is 3.52. The van der Waals surface area contributed by atoms with Gasteiger partial charge in [0.1, 0.15) is 5.75 Å². The first kappa shape index (κ1) is 28.7. The van der Waals surface area contributed by atoms with Crippen LogP contribution in [0, 0.1) is 23.2 Å². The van der Waals surface area contributed by atoms with Crippen molar-refractivity contribution >= 4 is 18.7 Å². The van der Waals surface area contributed by atoms with E-state index in [1.54, 1.807) is 5.56 Å². The van der Waals surface area contributed by atoms with E-state index in [1.165, 1.54) is 54.5 Å². The molecule has 3 aromatic rings. The smallest absolute Gasteiger partial charge is 0.261 e. The molecule has 218 valence electrons. The fourth-order valence-corrected chi connectivity index (χ4v) is 14.2. The normalized spacial score (nSPS) is 27.6. The molecule has 3 aliphatic carbocycles. The average molecular weight is 567 g/mol. The third-order valence-corrected chi connectivity index (χ3v) is 16.7. The minimum atomic E-state index is -2.49. The minimum Gasteiger partial charge on any atom is -0.508 e. The molecule has 5 atom stereocenters. The van der Waals surface area contributed by atoms with Crippen molar-refractivity contribution in [2.45, 2.75) is 96.9 Å². The standard InChI is InChI=1S/C38H50O2Si/c1-6-27-25-34-28(26-36(27)39)17-19-33-32(34)21-23-38(5)29(18-20-35(33)38)22-24-40-41(37(2,3)4,30-13-9-7-10-14-30)31-15-11-8-12-16-31/h7-16,25-26,29,32-33,35,39H,6,17-24H2,1-5H3/t29-,32+,33-,35+,38-/m1/s1. The van der Waals surface area contributed by atoms with Crippen molar-refractivity contribution in [2.24, 2.45) is 23.2 Å². The monoisotopic (exact) mass is 566 g/mol. The van der Waals surface area contributed by atoms with Gasteiger partial charge in [0.05, 0.1) is 0 Å². The summed E-state index contributed by atoms with van der Waals surface area (Å²) in [5.41, 5.74) is 4.52. The van der Waals surface area contributed by atoms with Crippen LogP contribution in [0.2, 0.25) is 5.04 Å². The number of hydrogen-bond donors (Lipinski definition) is 1. The second-order valence-corrected chi connectivity index (χ2v) is 18.9. The minimum absolute atomic E-state index is 0.0249. The van der Waals surface area contributed by atoms with Gasteiger partial charge in [-0.05, 0) is 119 Å². The van der Waals surface area contributed by atoms with Gasteiger partial charge in [0.15, 0.2) is 0 Å². The highest BCUT2D eigenvalue weighted by Crippen LogP contribution is 2.63. The first-order chi connectivity index (χ1) is 19.7. The topological polar surface area (TPSA) is 29.5 Å². The fraction of sp³-hybridized carbons (Fsp3) is 0.526. The summed E-state index contributed by atoms with van der Waals surface area (Å²) >= 11 is 0. The number of phenols is 1. The lowest BCUT2D eigenvalue weighted by Crippen LogP contribution is -2.66. The lowest BCUT2D eigenvalue weighted by molar-refractivity contribution is 0.0216. The zero-order valence-corrected chi connectivity index (χ0v) is 27.0. The zero-order chi connectivity index (χ0) is 28.8. The molecule has 2 fully saturated rings. The maximum absolute atomic E-state index is 10.5. The number of aryl methyl sites for hydroxylation is 2. The summed E-state index contributed by atoms with van der Waals surface area (Å²) in [6, 6.07) is 26.7. The molecule has 0 spiro atoms. The van der Waals surface area contributed by atoms with Gasteiger partial charge in [-0.3, -0.25) is 0 Å². The largest absolute Gasteiger partial charge is 0.508 e. The third-order valence-electron chi connectivity index (χ3n) is 11.7. The molecular weight excluding hydrogens is 517 g/mol. The van der Waals surface area contributed by atoms with E-state index in [1.807, 2.05) is 0 Å². The van der Waals surface area contributed by atoms with Crippen LogP contribution in [0.3, 0.4) is 0 Å². The molecule has 3 aromatic carbocycles. The van der Waals surface area contributed by atoms with Crippen LogP contribution in [-0.2, 0) is 17.3 Å². The van der Waals surface area contributed by atoms with Crippen LogP contribution in [0.4, 0.5) is 0 Å². The number of hydrogen-bond acceptors (Lipinski definition) is 2. The van der Waals surface area contributed by atoms with Crippen LogP contribution in [0.25, 0.3) is 0 Å². The van der Waals surface area contributed by atoms with Gasteiger partial charge >= 0.3 is 0 Å². The van der Waals surface area contributed by atoms with Gasteiger partial charge in [-0.1, -0.05) is 101 Å². The summed E-state index contributed by atoms with van der Waals surface area (Å²) in [5, 5.41) is 13.3. The summed E-state index contributed by atoms with van der Waals surface area (Å²) in [7, 11) is -2.49. The first-order valence-electron chi connectivity index (χ1n) is 16.3. The Morgan fingerprint density at radius 2 is 1.56 bits per heavy atom. The predicted octanol–water partition coefficient (Wildman–Crippen LogP) is 8.39. The van der Waals surface area contributed by atoms with Crippen molar-refractivity contribution in [3.63, 3.8) is 0 Å². The van der Waals surface area contributed by atoms with Crippen molar-refractivity contribution < 1.29 is 9.53 Å². The Kier molecular flexibility index (Phi) is 7.74. The van der Waals surface area contributed by atoms with Gasteiger partial charge in [-0.2, -0.15) is 0 Å². The molecule has 0 bridgehead atoms. The van der Waals surface area contributed by atoms with Crippen LogP contribution in [0.5, 0.6) is 5.75 Å². The Balaban J connectivity index is 1.22. The Hall–Kier alpha value is -2.36. The fourth-order valence-electron chi connectivity index (χ4n) is 9.64. The van der Waals surface area contributed by atoms with Crippen molar-refractivity contribution in [3.8, 4) is 5.75 Å². The molecule has 0 amide bonds. The second kappa shape index (κ2) is 11.0. The molecule has 6 rings (SSSR count). The van der Waals surface area contributed by atoms with E-state index >= 15 is 0 Å². The molecule has 1 N–H and O–H groups in total. The van der Waals surface area contributed by atoms with E-state index in [4.69, 9.17) is 4.43 Å². The molecule has 0 heterocycles. The zero-order valence-electron chi connectivity index (χ0n) is 26.0. The molecular formula is C38H50O2Si. The van der Waals surface area contributed by atoms with Gasteiger partial charge in [-0.25, -0.2) is 0 Å². The SMILES string of the molecule is CCc1cc2c(cc1O)CC[C@@H]1[C@@H]2CC[C@]2(C)[C@@H](CCO[Si](c3ccccc3)(c3ccccc3)C(C)(C)C)CC[C@@H]12. The lowest BCUT2D eigenvalue weighted by Gasteiger charge is -2.51. The van der Waals surface area contributed by atoms with Gasteiger partial charge in [0.2, 0.25) is 0 Å². The molecule has 0 saturated heterocycles. The van der Waals surface area contributed by atoms with Gasteiger partial charge < -0.3 is 9.53 Å². The Morgan fingerprint density at radius 1 is 0.902 bits per heavy atom. The van der Waals surface area contributed by atoms with E-state index in [2.05, 4.69) is 107 Å². The van der Waals surface area contributed by atoms with E-state index < -0.39 is 8.32 Å². The van der Waals surface area contributed by atoms with E-state index in [0.29, 0.717) is 17.1 Å². The predicted molar refractivity (Wildman–Crippen MR) is 174 cm³/mol. The Labute approximate surface area is 249 Å². The van der Waals surface area contributed by atoms with Crippen molar-refractivity contribution in [2.75, 3.05) is 6.61 Å². The third kappa shape index (κ3) is 4.81. The van der Waals surface area contributed by atoms with Crippen LogP contribution in [0.1, 0.15) is 95.8 Å². The Bertz CT molecular complexity index is 1300. The van der Waals surface area contributed by atoms with Crippen LogP contribution in [-0.4, -0.2) is 20.0 Å². The maximum Gasteiger partial charge on any atom is 0.261 e. The highest BCUT2D eigenvalue weighted by molar-refractivity contribution is 6.99. The van der Waals surface area contributed by atoms with E-state index in [0.717, 1.165) is 42.8 Å². The van der Waals surface area contributed by atoms with Gasteiger partial charge in [-0.15, -0.1) is 0 Å². The lowest BCUT2D eigenvalue weighted by atomic mass is 9.54. The molecule has 0 radical (unpaired) electrons. The molecule has 0 aromatic heterocycles. The number of benzene rings is 3. The molecule has 0 unspecified atom stereocenters. The van der Waals surface area contributed by atoms with Gasteiger partial charge in [0.25, 0.3) is 8.32 Å². The molecule has 3 aliphatic rings.